The van der Waals surface area contributed by atoms with E-state index in [1.54, 1.807) is 0 Å². The lowest BCUT2D eigenvalue weighted by molar-refractivity contribution is 0.315. The van der Waals surface area contributed by atoms with Crippen LogP contribution in [0.15, 0.2) is 24.3 Å². The molecule has 2 heteroatoms. The van der Waals surface area contributed by atoms with Crippen LogP contribution in [0.25, 0.3) is 0 Å². The van der Waals surface area contributed by atoms with Gasteiger partial charge in [-0.2, -0.15) is 0 Å². The van der Waals surface area contributed by atoms with Crippen molar-refractivity contribution >= 4 is 0 Å². The molecule has 110 valence electrons. The van der Waals surface area contributed by atoms with E-state index in [2.05, 4.69) is 68.1 Å². The molecule has 0 aliphatic rings. The molecule has 0 aliphatic heterocycles. The van der Waals surface area contributed by atoms with Crippen LogP contribution >= 0.6 is 0 Å². The average Bonchev–Trinajstić information content (AvgIpc) is 2.38. The lowest BCUT2D eigenvalue weighted by Crippen LogP contribution is -2.37. The first kappa shape index (κ1) is 16.8. The second-order valence-corrected chi connectivity index (χ2v) is 6.20. The van der Waals surface area contributed by atoms with Crippen LogP contribution < -0.4 is 5.32 Å². The van der Waals surface area contributed by atoms with Gasteiger partial charge in [0, 0.05) is 12.1 Å². The molecule has 0 fully saturated rings. The molecule has 0 bridgehead atoms. The van der Waals surface area contributed by atoms with E-state index in [0.29, 0.717) is 6.54 Å². The molecule has 2 nitrogen and oxygen atoms in total. The minimum Gasteiger partial charge on any atom is -0.312 e. The molecule has 1 rings (SSSR count). The summed E-state index contributed by atoms with van der Waals surface area (Å²) in [6.07, 6.45) is 6.48. The number of nitrogens with zero attached hydrogens (tertiary/aromatic N) is 1. The van der Waals surface area contributed by atoms with E-state index < -0.39 is 0 Å². The first-order valence-electron chi connectivity index (χ1n) is 7.44. The molecule has 1 N–H and O–H groups in total. The SMILES string of the molecule is C#CCN(CC)Cc1ccccc1CCNC(C)(C)C. The van der Waals surface area contributed by atoms with E-state index in [1.165, 1.54) is 11.1 Å². The fourth-order valence-corrected chi connectivity index (χ4v) is 2.18. The zero-order valence-corrected chi connectivity index (χ0v) is 13.4. The van der Waals surface area contributed by atoms with Crippen molar-refractivity contribution in [3.8, 4) is 12.3 Å². The molecule has 0 aliphatic carbocycles. The third-order valence-electron chi connectivity index (χ3n) is 3.32. The molecular weight excluding hydrogens is 244 g/mol. The Morgan fingerprint density at radius 2 is 1.85 bits per heavy atom. The van der Waals surface area contributed by atoms with Crippen LogP contribution in [0.2, 0.25) is 0 Å². The van der Waals surface area contributed by atoms with E-state index >= 15 is 0 Å². The first-order chi connectivity index (χ1) is 9.46. The van der Waals surface area contributed by atoms with Crippen LogP contribution in [0.1, 0.15) is 38.8 Å². The van der Waals surface area contributed by atoms with Crippen molar-refractivity contribution in [3.63, 3.8) is 0 Å². The van der Waals surface area contributed by atoms with Gasteiger partial charge in [0.2, 0.25) is 0 Å². The van der Waals surface area contributed by atoms with Gasteiger partial charge in [-0.05, 0) is 51.4 Å². The first-order valence-corrected chi connectivity index (χ1v) is 7.44. The van der Waals surface area contributed by atoms with Gasteiger partial charge in [-0.3, -0.25) is 4.90 Å². The number of benzene rings is 1. The van der Waals surface area contributed by atoms with Crippen molar-refractivity contribution in [2.75, 3.05) is 19.6 Å². The Kier molecular flexibility index (Phi) is 6.78. The van der Waals surface area contributed by atoms with Gasteiger partial charge in [0.05, 0.1) is 6.54 Å². The number of hydrogen-bond donors (Lipinski definition) is 1. The van der Waals surface area contributed by atoms with Gasteiger partial charge in [-0.1, -0.05) is 37.1 Å². The zero-order chi connectivity index (χ0) is 15.0. The molecule has 0 aromatic heterocycles. The third kappa shape index (κ3) is 6.23. The fourth-order valence-electron chi connectivity index (χ4n) is 2.18. The van der Waals surface area contributed by atoms with Gasteiger partial charge in [-0.25, -0.2) is 0 Å². The Morgan fingerprint density at radius 1 is 1.20 bits per heavy atom. The molecule has 1 aromatic rings. The predicted molar refractivity (Wildman–Crippen MR) is 87.7 cm³/mol. The molecule has 20 heavy (non-hydrogen) atoms. The molecule has 0 saturated heterocycles. The minimum absolute atomic E-state index is 0.174. The van der Waals surface area contributed by atoms with Crippen molar-refractivity contribution in [2.24, 2.45) is 0 Å². The highest BCUT2D eigenvalue weighted by Gasteiger charge is 2.10. The number of nitrogens with one attached hydrogen (secondary N) is 1. The van der Waals surface area contributed by atoms with Gasteiger partial charge < -0.3 is 5.32 Å². The average molecular weight is 272 g/mol. The highest BCUT2D eigenvalue weighted by molar-refractivity contribution is 5.27. The summed E-state index contributed by atoms with van der Waals surface area (Å²) in [6, 6.07) is 8.67. The molecule has 0 heterocycles. The highest BCUT2D eigenvalue weighted by Crippen LogP contribution is 2.12. The Hall–Kier alpha value is -1.30. The second-order valence-electron chi connectivity index (χ2n) is 6.20. The van der Waals surface area contributed by atoms with Crippen LogP contribution in [-0.2, 0) is 13.0 Å². The lowest BCUT2D eigenvalue weighted by atomic mass is 10.0. The van der Waals surface area contributed by atoms with E-state index in [0.717, 1.165) is 26.1 Å². The summed E-state index contributed by atoms with van der Waals surface area (Å²) in [5.74, 6) is 2.74. The summed E-state index contributed by atoms with van der Waals surface area (Å²) in [4.78, 5) is 2.29. The molecule has 0 saturated carbocycles. The second kappa shape index (κ2) is 8.09. The maximum Gasteiger partial charge on any atom is 0.0601 e. The molecular formula is C18H28N2. The topological polar surface area (TPSA) is 15.3 Å². The van der Waals surface area contributed by atoms with Gasteiger partial charge >= 0.3 is 0 Å². The highest BCUT2D eigenvalue weighted by atomic mass is 15.1. The van der Waals surface area contributed by atoms with E-state index in [9.17, 15) is 0 Å². The molecule has 0 spiro atoms. The molecule has 1 aromatic carbocycles. The van der Waals surface area contributed by atoms with Gasteiger partial charge in [0.1, 0.15) is 0 Å². The summed E-state index contributed by atoms with van der Waals surface area (Å²) < 4.78 is 0. The Balaban J connectivity index is 2.66. The third-order valence-corrected chi connectivity index (χ3v) is 3.32. The number of terminal acetylenes is 1. The smallest absolute Gasteiger partial charge is 0.0601 e. The lowest BCUT2D eigenvalue weighted by Gasteiger charge is -2.22. The van der Waals surface area contributed by atoms with Crippen LogP contribution in [0, 0.1) is 12.3 Å². The maximum atomic E-state index is 5.42. The van der Waals surface area contributed by atoms with Crippen molar-refractivity contribution in [3.05, 3.63) is 35.4 Å². The van der Waals surface area contributed by atoms with Crippen LogP contribution in [0.4, 0.5) is 0 Å². The predicted octanol–water partition coefficient (Wildman–Crippen LogP) is 3.07. The summed E-state index contributed by atoms with van der Waals surface area (Å²) in [5, 5.41) is 3.54. The largest absolute Gasteiger partial charge is 0.312 e. The summed E-state index contributed by atoms with van der Waals surface area (Å²) in [7, 11) is 0. The van der Waals surface area contributed by atoms with Crippen molar-refractivity contribution in [1.29, 1.82) is 0 Å². The molecule has 0 atom stereocenters. The standard InChI is InChI=1S/C18H28N2/c1-6-14-20(7-2)15-17-11-9-8-10-16(17)12-13-19-18(3,4)5/h1,8-11,19H,7,12-15H2,2-5H3. The Bertz CT molecular complexity index is 437. The van der Waals surface area contributed by atoms with Crippen molar-refractivity contribution in [1.82, 2.24) is 10.2 Å². The monoisotopic (exact) mass is 272 g/mol. The van der Waals surface area contributed by atoms with Crippen LogP contribution in [-0.4, -0.2) is 30.1 Å². The van der Waals surface area contributed by atoms with Crippen molar-refractivity contribution in [2.45, 2.75) is 46.2 Å². The number of rotatable bonds is 7. The van der Waals surface area contributed by atoms with E-state index in [1.807, 2.05) is 0 Å². The van der Waals surface area contributed by atoms with Gasteiger partial charge in [0.25, 0.3) is 0 Å². The van der Waals surface area contributed by atoms with Crippen LogP contribution in [0.5, 0.6) is 0 Å². The molecule has 0 amide bonds. The normalized spacial score (nSPS) is 11.6. The molecule has 0 radical (unpaired) electrons. The van der Waals surface area contributed by atoms with Crippen LogP contribution in [0.3, 0.4) is 0 Å². The summed E-state index contributed by atoms with van der Waals surface area (Å²) >= 11 is 0. The Morgan fingerprint density at radius 3 is 2.40 bits per heavy atom. The zero-order valence-electron chi connectivity index (χ0n) is 13.4. The summed E-state index contributed by atoms with van der Waals surface area (Å²) in [6.45, 7) is 12.4. The summed E-state index contributed by atoms with van der Waals surface area (Å²) in [5.41, 5.74) is 2.98. The van der Waals surface area contributed by atoms with Gasteiger partial charge in [-0.15, -0.1) is 6.42 Å². The minimum atomic E-state index is 0.174. The maximum absolute atomic E-state index is 5.42. The van der Waals surface area contributed by atoms with E-state index in [-0.39, 0.29) is 5.54 Å². The van der Waals surface area contributed by atoms with Gasteiger partial charge in [0.15, 0.2) is 0 Å². The number of hydrogen-bond acceptors (Lipinski definition) is 2. The molecule has 0 unspecified atom stereocenters. The quantitative estimate of drug-likeness (QED) is 0.767. The Labute approximate surface area is 124 Å². The van der Waals surface area contributed by atoms with Crippen molar-refractivity contribution < 1.29 is 0 Å². The van der Waals surface area contributed by atoms with E-state index in [4.69, 9.17) is 6.42 Å². The fraction of sp³-hybridized carbons (Fsp3) is 0.556.